The molecule has 0 aliphatic heterocycles. The fourth-order valence-corrected chi connectivity index (χ4v) is 1.85. The molecule has 0 saturated heterocycles. The Kier molecular flexibility index (Phi) is 3.83. The predicted octanol–water partition coefficient (Wildman–Crippen LogP) is 0.745. The molecule has 2 heterocycles. The summed E-state index contributed by atoms with van der Waals surface area (Å²) in [6.07, 6.45) is 2.91. The van der Waals surface area contributed by atoms with Crippen LogP contribution in [0.4, 0.5) is 5.69 Å². The first-order valence-corrected chi connectivity index (χ1v) is 6.10. The third kappa shape index (κ3) is 2.68. The Morgan fingerprint density at radius 1 is 1.35 bits per heavy atom. The molecule has 0 bridgehead atoms. The van der Waals surface area contributed by atoms with Crippen molar-refractivity contribution in [2.45, 2.75) is 26.9 Å². The van der Waals surface area contributed by atoms with Crippen molar-refractivity contribution in [2.24, 2.45) is 0 Å². The number of nitrogens with zero attached hydrogens (tertiary/aromatic N) is 4. The molecule has 0 radical (unpaired) electrons. The molecular weight excluding hydrogens is 262 g/mol. The van der Waals surface area contributed by atoms with Crippen LogP contribution < -0.4 is 5.32 Å². The fourth-order valence-electron chi connectivity index (χ4n) is 1.85. The van der Waals surface area contributed by atoms with E-state index in [0.717, 1.165) is 10.4 Å². The number of anilines is 1. The lowest BCUT2D eigenvalue weighted by Crippen LogP contribution is -2.22. The topological polar surface area (TPSA) is 102 Å². The van der Waals surface area contributed by atoms with E-state index in [9.17, 15) is 9.59 Å². The van der Waals surface area contributed by atoms with Crippen molar-refractivity contribution < 1.29 is 14.7 Å². The molecule has 0 aliphatic rings. The minimum atomic E-state index is -1.12. The molecule has 0 aromatic carbocycles. The van der Waals surface area contributed by atoms with Crippen molar-refractivity contribution in [3.63, 3.8) is 0 Å². The van der Waals surface area contributed by atoms with E-state index < -0.39 is 5.97 Å². The van der Waals surface area contributed by atoms with Crippen LogP contribution in [0, 0.1) is 6.92 Å². The number of rotatable bonds is 5. The summed E-state index contributed by atoms with van der Waals surface area (Å²) in [6.45, 7) is 4.35. The van der Waals surface area contributed by atoms with Crippen LogP contribution in [0.25, 0.3) is 0 Å². The largest absolute Gasteiger partial charge is 0.477 e. The maximum absolute atomic E-state index is 11.9. The van der Waals surface area contributed by atoms with Gasteiger partial charge < -0.3 is 10.4 Å². The summed E-state index contributed by atoms with van der Waals surface area (Å²) in [4.78, 5) is 22.8. The molecule has 1 amide bonds. The molecule has 0 atom stereocenters. The highest BCUT2D eigenvalue weighted by Crippen LogP contribution is 2.13. The van der Waals surface area contributed by atoms with Gasteiger partial charge >= 0.3 is 5.97 Å². The van der Waals surface area contributed by atoms with Crippen LogP contribution >= 0.6 is 0 Å². The number of amides is 1. The summed E-state index contributed by atoms with van der Waals surface area (Å²) in [6, 6.07) is 1.34. The van der Waals surface area contributed by atoms with Crippen molar-refractivity contribution in [3.05, 3.63) is 29.8 Å². The predicted molar refractivity (Wildman–Crippen MR) is 70.5 cm³/mol. The van der Waals surface area contributed by atoms with Crippen molar-refractivity contribution in [3.8, 4) is 0 Å². The SMILES string of the molecule is CCn1ncc(NC(=O)Cn2nccc2C(=O)O)c1C. The molecule has 0 unspecified atom stereocenters. The molecule has 2 N–H and O–H groups in total. The summed E-state index contributed by atoms with van der Waals surface area (Å²) in [7, 11) is 0. The molecule has 106 valence electrons. The summed E-state index contributed by atoms with van der Waals surface area (Å²) in [5.41, 5.74) is 1.43. The summed E-state index contributed by atoms with van der Waals surface area (Å²) in [5.74, 6) is -1.47. The van der Waals surface area contributed by atoms with Crippen molar-refractivity contribution >= 4 is 17.6 Å². The Balaban J connectivity index is 2.07. The quantitative estimate of drug-likeness (QED) is 0.839. The highest BCUT2D eigenvalue weighted by molar-refractivity contribution is 5.92. The lowest BCUT2D eigenvalue weighted by Gasteiger charge is -2.06. The zero-order valence-corrected chi connectivity index (χ0v) is 11.2. The van der Waals surface area contributed by atoms with Crippen LogP contribution in [-0.2, 0) is 17.9 Å². The molecule has 0 saturated carbocycles. The van der Waals surface area contributed by atoms with Gasteiger partial charge in [0.1, 0.15) is 12.2 Å². The number of aromatic nitrogens is 4. The minimum Gasteiger partial charge on any atom is -0.477 e. The van der Waals surface area contributed by atoms with Crippen molar-refractivity contribution in [1.29, 1.82) is 0 Å². The van der Waals surface area contributed by atoms with Gasteiger partial charge in [-0.3, -0.25) is 9.48 Å². The highest BCUT2D eigenvalue weighted by atomic mass is 16.4. The van der Waals surface area contributed by atoms with Crippen LogP contribution in [0.15, 0.2) is 18.5 Å². The molecule has 2 rings (SSSR count). The van der Waals surface area contributed by atoms with Gasteiger partial charge in [-0.1, -0.05) is 0 Å². The van der Waals surface area contributed by atoms with Gasteiger partial charge in [0.05, 0.1) is 17.6 Å². The third-order valence-electron chi connectivity index (χ3n) is 2.91. The highest BCUT2D eigenvalue weighted by Gasteiger charge is 2.14. The lowest BCUT2D eigenvalue weighted by atomic mass is 10.3. The Bertz CT molecular complexity index is 643. The van der Waals surface area contributed by atoms with Crippen molar-refractivity contribution in [1.82, 2.24) is 19.6 Å². The van der Waals surface area contributed by atoms with Crippen LogP contribution in [0.2, 0.25) is 0 Å². The summed E-state index contributed by atoms with van der Waals surface area (Å²) in [5, 5.41) is 19.6. The first-order valence-electron chi connectivity index (χ1n) is 6.10. The van der Waals surface area contributed by atoms with Gasteiger partial charge in [0, 0.05) is 12.7 Å². The van der Waals surface area contributed by atoms with Gasteiger partial charge in [0.15, 0.2) is 0 Å². The molecule has 2 aromatic heterocycles. The van der Waals surface area contributed by atoms with E-state index in [0.29, 0.717) is 12.2 Å². The normalized spacial score (nSPS) is 10.5. The van der Waals surface area contributed by atoms with Gasteiger partial charge in [-0.05, 0) is 19.9 Å². The maximum Gasteiger partial charge on any atom is 0.354 e. The number of carboxylic acids is 1. The average Bonchev–Trinajstić information content (AvgIpc) is 2.98. The Morgan fingerprint density at radius 3 is 2.70 bits per heavy atom. The zero-order valence-electron chi connectivity index (χ0n) is 11.2. The number of carbonyl (C=O) groups is 2. The molecule has 8 heteroatoms. The molecule has 0 spiro atoms. The number of nitrogens with one attached hydrogen (secondary N) is 1. The molecule has 2 aromatic rings. The third-order valence-corrected chi connectivity index (χ3v) is 2.91. The van der Waals surface area contributed by atoms with E-state index in [2.05, 4.69) is 15.5 Å². The summed E-state index contributed by atoms with van der Waals surface area (Å²) >= 11 is 0. The molecule has 8 nitrogen and oxygen atoms in total. The number of aromatic carboxylic acids is 1. The smallest absolute Gasteiger partial charge is 0.354 e. The van der Waals surface area contributed by atoms with Crippen molar-refractivity contribution in [2.75, 3.05) is 5.32 Å². The number of hydrogen-bond donors (Lipinski definition) is 2. The van der Waals surface area contributed by atoms with E-state index in [4.69, 9.17) is 5.11 Å². The first kappa shape index (κ1) is 13.8. The second-order valence-corrected chi connectivity index (χ2v) is 4.19. The van der Waals surface area contributed by atoms with Crippen LogP contribution in [0.3, 0.4) is 0 Å². The standard InChI is InChI=1S/C12H15N5O3/c1-3-16-8(2)9(6-14-16)15-11(18)7-17-10(12(19)20)4-5-13-17/h4-6H,3,7H2,1-2H3,(H,15,18)(H,19,20). The number of hydrogen-bond acceptors (Lipinski definition) is 4. The Hall–Kier alpha value is -2.64. The first-order chi connectivity index (χ1) is 9.52. The monoisotopic (exact) mass is 277 g/mol. The molecular formula is C12H15N5O3. The van der Waals surface area contributed by atoms with Gasteiger partial charge in [-0.25, -0.2) is 9.48 Å². The van der Waals surface area contributed by atoms with E-state index in [1.54, 1.807) is 10.9 Å². The summed E-state index contributed by atoms with van der Waals surface area (Å²) < 4.78 is 2.89. The second kappa shape index (κ2) is 5.55. The van der Waals surface area contributed by atoms with Gasteiger partial charge in [-0.2, -0.15) is 10.2 Å². The van der Waals surface area contributed by atoms with Gasteiger partial charge in [-0.15, -0.1) is 0 Å². The number of aryl methyl sites for hydroxylation is 1. The van der Waals surface area contributed by atoms with Gasteiger partial charge in [0.2, 0.25) is 5.91 Å². The average molecular weight is 277 g/mol. The second-order valence-electron chi connectivity index (χ2n) is 4.19. The van der Waals surface area contributed by atoms with E-state index in [1.807, 2.05) is 13.8 Å². The molecule has 0 aliphatic carbocycles. The molecule has 0 fully saturated rings. The maximum atomic E-state index is 11.9. The minimum absolute atomic E-state index is 0.0267. The van der Waals surface area contributed by atoms with Crippen LogP contribution in [-0.4, -0.2) is 36.5 Å². The lowest BCUT2D eigenvalue weighted by molar-refractivity contribution is -0.116. The zero-order chi connectivity index (χ0) is 14.7. The van der Waals surface area contributed by atoms with E-state index in [-0.39, 0.29) is 18.1 Å². The fraction of sp³-hybridized carbons (Fsp3) is 0.333. The van der Waals surface area contributed by atoms with E-state index >= 15 is 0 Å². The number of carbonyl (C=O) groups excluding carboxylic acids is 1. The molecule has 20 heavy (non-hydrogen) atoms. The Morgan fingerprint density at radius 2 is 2.10 bits per heavy atom. The van der Waals surface area contributed by atoms with E-state index in [1.165, 1.54) is 12.3 Å². The van der Waals surface area contributed by atoms with Gasteiger partial charge in [0.25, 0.3) is 0 Å². The van der Waals surface area contributed by atoms with Crippen LogP contribution in [0.5, 0.6) is 0 Å². The Labute approximate surface area is 115 Å². The number of carboxylic acid groups (broad SMARTS) is 1. The van der Waals surface area contributed by atoms with Crippen LogP contribution in [0.1, 0.15) is 23.1 Å².